The number of hydrogen-bond donors (Lipinski definition) is 5. The minimum absolute atomic E-state index is 0.0274. The first-order valence-electron chi connectivity index (χ1n) is 6.95. The van der Waals surface area contributed by atoms with Crippen LogP contribution in [0.15, 0.2) is 29.8 Å². The summed E-state index contributed by atoms with van der Waals surface area (Å²) in [7, 11) is 0. The number of ether oxygens (including phenoxy) is 2. The fourth-order valence-electron chi connectivity index (χ4n) is 2.87. The molecule has 5 atom stereocenters. The van der Waals surface area contributed by atoms with Crippen LogP contribution in [0.2, 0.25) is 0 Å². The van der Waals surface area contributed by atoms with Gasteiger partial charge in [-0.2, -0.15) is 0 Å². The smallest absolute Gasteiger partial charge is 0.337 e. The summed E-state index contributed by atoms with van der Waals surface area (Å²) in [5, 5.41) is 49.2. The number of carbonyl (C=O) groups excluding carboxylic acids is 1. The molecule has 124 valence electrons. The normalized spacial score (nSPS) is 38.4. The number of phenols is 1. The highest BCUT2D eigenvalue weighted by Crippen LogP contribution is 2.43. The van der Waals surface area contributed by atoms with Crippen molar-refractivity contribution in [2.75, 3.05) is 6.61 Å². The van der Waals surface area contributed by atoms with Crippen molar-refractivity contribution in [2.24, 2.45) is 0 Å². The second kappa shape index (κ2) is 5.59. The van der Waals surface area contributed by atoms with E-state index in [4.69, 9.17) is 9.47 Å². The Morgan fingerprint density at radius 2 is 1.87 bits per heavy atom. The monoisotopic (exact) mass is 324 g/mol. The van der Waals surface area contributed by atoms with E-state index >= 15 is 0 Å². The first-order chi connectivity index (χ1) is 10.9. The van der Waals surface area contributed by atoms with Crippen molar-refractivity contribution >= 4 is 12.0 Å². The summed E-state index contributed by atoms with van der Waals surface area (Å²) in [6.45, 7) is -0.615. The van der Waals surface area contributed by atoms with E-state index in [0.29, 0.717) is 5.56 Å². The Morgan fingerprint density at radius 1 is 1.22 bits per heavy atom. The lowest BCUT2D eigenvalue weighted by molar-refractivity contribution is -0.301. The summed E-state index contributed by atoms with van der Waals surface area (Å²) < 4.78 is 9.98. The summed E-state index contributed by atoms with van der Waals surface area (Å²) in [6, 6.07) is 5.77. The van der Waals surface area contributed by atoms with Crippen LogP contribution in [0.3, 0.4) is 0 Å². The highest BCUT2D eigenvalue weighted by atomic mass is 16.7. The van der Waals surface area contributed by atoms with E-state index in [2.05, 4.69) is 0 Å². The molecule has 1 aromatic carbocycles. The second-order valence-corrected chi connectivity index (χ2v) is 5.49. The predicted molar refractivity (Wildman–Crippen MR) is 74.9 cm³/mol. The molecule has 5 N–H and O–H groups in total. The van der Waals surface area contributed by atoms with Gasteiger partial charge in [-0.1, -0.05) is 12.1 Å². The first kappa shape index (κ1) is 15.9. The van der Waals surface area contributed by atoms with Gasteiger partial charge in [0, 0.05) is 0 Å². The van der Waals surface area contributed by atoms with E-state index in [1.54, 1.807) is 0 Å². The lowest BCUT2D eigenvalue weighted by Gasteiger charge is -2.43. The zero-order chi connectivity index (χ0) is 16.8. The van der Waals surface area contributed by atoms with Crippen LogP contribution in [-0.4, -0.2) is 68.3 Å². The average Bonchev–Trinajstić information content (AvgIpc) is 2.79. The van der Waals surface area contributed by atoms with Crippen LogP contribution in [0.1, 0.15) is 5.56 Å². The van der Waals surface area contributed by atoms with E-state index in [9.17, 15) is 30.3 Å². The third kappa shape index (κ3) is 2.41. The summed E-state index contributed by atoms with van der Waals surface area (Å²) >= 11 is 0. The van der Waals surface area contributed by atoms with Crippen LogP contribution in [0.4, 0.5) is 0 Å². The molecule has 0 aliphatic carbocycles. The molecule has 2 fully saturated rings. The van der Waals surface area contributed by atoms with E-state index in [1.807, 2.05) is 0 Å². The Labute approximate surface area is 130 Å². The summed E-state index contributed by atoms with van der Waals surface area (Å²) in [4.78, 5) is 12.1. The minimum atomic E-state index is -2.22. The molecule has 0 amide bonds. The fourth-order valence-corrected chi connectivity index (χ4v) is 2.87. The largest absolute Gasteiger partial charge is 0.508 e. The van der Waals surface area contributed by atoms with Gasteiger partial charge in [-0.05, 0) is 23.8 Å². The van der Waals surface area contributed by atoms with E-state index in [-0.39, 0.29) is 11.3 Å². The lowest BCUT2D eigenvalue weighted by Crippen LogP contribution is -2.65. The topological polar surface area (TPSA) is 137 Å². The Bertz CT molecular complexity index is 639. The number of benzene rings is 1. The van der Waals surface area contributed by atoms with Gasteiger partial charge in [-0.3, -0.25) is 0 Å². The number of hydrogen-bond acceptors (Lipinski definition) is 8. The number of aromatic hydroxyl groups is 1. The molecule has 23 heavy (non-hydrogen) atoms. The molecule has 2 heterocycles. The fraction of sp³-hybridized carbons (Fsp3) is 0.400. The van der Waals surface area contributed by atoms with Gasteiger partial charge in [0.15, 0.2) is 18.0 Å². The number of fused-ring (bicyclic) bond motifs is 1. The standard InChI is InChI=1S/C15H16O8/c16-6-10-12-15(21,11(18)14(20)22-10)9(13(19)23-12)5-7-1-3-8(17)4-2-7/h1-5,10-12,14,16-18,20-21H,6H2/b9-5+/t10-,11+,12-,14-,15-/m1/s1. The molecule has 3 rings (SSSR count). The molecule has 0 bridgehead atoms. The maximum Gasteiger partial charge on any atom is 0.337 e. The van der Waals surface area contributed by atoms with Crippen molar-refractivity contribution in [3.8, 4) is 5.75 Å². The molecule has 0 aromatic heterocycles. The van der Waals surface area contributed by atoms with Gasteiger partial charge in [-0.25, -0.2) is 4.79 Å². The molecule has 0 unspecified atom stereocenters. The quantitative estimate of drug-likeness (QED) is 0.327. The Kier molecular flexibility index (Phi) is 3.86. The molecular formula is C15H16O8. The van der Waals surface area contributed by atoms with Crippen LogP contribution in [-0.2, 0) is 14.3 Å². The van der Waals surface area contributed by atoms with E-state index < -0.39 is 42.8 Å². The van der Waals surface area contributed by atoms with Gasteiger partial charge >= 0.3 is 5.97 Å². The van der Waals surface area contributed by atoms with Crippen LogP contribution in [0, 0.1) is 0 Å². The number of phenolic OH excluding ortho intramolecular Hbond substituents is 1. The molecule has 0 saturated carbocycles. The number of carbonyl (C=O) groups is 1. The van der Waals surface area contributed by atoms with Crippen molar-refractivity contribution in [3.05, 3.63) is 35.4 Å². The van der Waals surface area contributed by atoms with Gasteiger partial charge in [0.05, 0.1) is 12.2 Å². The van der Waals surface area contributed by atoms with Crippen LogP contribution >= 0.6 is 0 Å². The Balaban J connectivity index is 2.06. The number of esters is 1. The predicted octanol–water partition coefficient (Wildman–Crippen LogP) is -1.50. The summed E-state index contributed by atoms with van der Waals surface area (Å²) in [6.07, 6.45) is -4.84. The zero-order valence-corrected chi connectivity index (χ0v) is 11.9. The molecule has 8 heteroatoms. The second-order valence-electron chi connectivity index (χ2n) is 5.49. The van der Waals surface area contributed by atoms with Crippen molar-refractivity contribution < 1.29 is 39.8 Å². The van der Waals surface area contributed by atoms with Crippen molar-refractivity contribution in [3.63, 3.8) is 0 Å². The van der Waals surface area contributed by atoms with Crippen molar-refractivity contribution in [1.82, 2.24) is 0 Å². The average molecular weight is 324 g/mol. The van der Waals surface area contributed by atoms with Crippen molar-refractivity contribution in [1.29, 1.82) is 0 Å². The SMILES string of the molecule is O=C1O[C@@H]2[C@@H](CO)O[C@@H](O)[C@H](O)[C@]2(O)/C1=C/c1ccc(O)cc1. The summed E-state index contributed by atoms with van der Waals surface area (Å²) in [5.41, 5.74) is -2.01. The van der Waals surface area contributed by atoms with Crippen LogP contribution in [0.25, 0.3) is 6.08 Å². The van der Waals surface area contributed by atoms with Gasteiger partial charge < -0.3 is 35.0 Å². The summed E-state index contributed by atoms with van der Waals surface area (Å²) in [5.74, 6) is -0.861. The molecule has 0 radical (unpaired) electrons. The van der Waals surface area contributed by atoms with Gasteiger partial charge in [0.2, 0.25) is 0 Å². The molecular weight excluding hydrogens is 308 g/mol. The third-order valence-electron chi connectivity index (χ3n) is 4.08. The molecule has 8 nitrogen and oxygen atoms in total. The first-order valence-corrected chi connectivity index (χ1v) is 6.95. The molecule has 2 aliphatic rings. The maximum atomic E-state index is 12.1. The number of aliphatic hydroxyl groups is 4. The maximum absolute atomic E-state index is 12.1. The number of rotatable bonds is 2. The Morgan fingerprint density at radius 3 is 2.48 bits per heavy atom. The van der Waals surface area contributed by atoms with E-state index in [1.165, 1.54) is 30.3 Å². The lowest BCUT2D eigenvalue weighted by atomic mass is 9.79. The van der Waals surface area contributed by atoms with Crippen molar-refractivity contribution in [2.45, 2.75) is 30.2 Å². The Hall–Kier alpha value is -1.97. The molecule has 2 aliphatic heterocycles. The zero-order valence-electron chi connectivity index (χ0n) is 11.9. The highest BCUT2D eigenvalue weighted by molar-refractivity contribution is 5.99. The van der Waals surface area contributed by atoms with Gasteiger partial charge in [0.25, 0.3) is 0 Å². The van der Waals surface area contributed by atoms with Gasteiger partial charge in [0.1, 0.15) is 18.0 Å². The molecule has 0 spiro atoms. The van der Waals surface area contributed by atoms with Gasteiger partial charge in [-0.15, -0.1) is 0 Å². The third-order valence-corrected chi connectivity index (χ3v) is 4.08. The minimum Gasteiger partial charge on any atom is -0.508 e. The number of aliphatic hydroxyl groups excluding tert-OH is 3. The van der Waals surface area contributed by atoms with Crippen LogP contribution in [0.5, 0.6) is 5.75 Å². The highest BCUT2D eigenvalue weighted by Gasteiger charge is 2.64. The molecule has 2 saturated heterocycles. The van der Waals surface area contributed by atoms with Crippen LogP contribution < -0.4 is 0 Å². The van der Waals surface area contributed by atoms with E-state index in [0.717, 1.165) is 0 Å². The molecule has 1 aromatic rings.